The number of rotatable bonds is 1. The summed E-state index contributed by atoms with van der Waals surface area (Å²) < 4.78 is 2.19. The van der Waals surface area contributed by atoms with Crippen molar-refractivity contribution in [2.75, 3.05) is 0 Å². The Labute approximate surface area is 101 Å². The van der Waals surface area contributed by atoms with Crippen molar-refractivity contribution < 1.29 is 0 Å². The van der Waals surface area contributed by atoms with Crippen LogP contribution in [-0.4, -0.2) is 4.57 Å². The number of nitrogens with zero attached hydrogens (tertiary/aromatic N) is 2. The fraction of sp³-hybridized carbons (Fsp3) is 0.267. The molecule has 2 aromatic rings. The van der Waals surface area contributed by atoms with Gasteiger partial charge in [-0.2, -0.15) is 5.26 Å². The van der Waals surface area contributed by atoms with E-state index >= 15 is 0 Å². The van der Waals surface area contributed by atoms with Gasteiger partial charge in [-0.15, -0.1) is 0 Å². The quantitative estimate of drug-likeness (QED) is 0.727. The molecule has 0 aliphatic carbocycles. The SMILES string of the molecule is N#Cc1c(-c2ccccc2)cc2n1CCCC2. The molecule has 0 saturated carbocycles. The van der Waals surface area contributed by atoms with Crippen LogP contribution in [0.5, 0.6) is 0 Å². The Morgan fingerprint density at radius 1 is 1.12 bits per heavy atom. The summed E-state index contributed by atoms with van der Waals surface area (Å²) in [5.74, 6) is 0. The van der Waals surface area contributed by atoms with Gasteiger partial charge in [-0.25, -0.2) is 0 Å². The molecule has 0 saturated heterocycles. The number of aryl methyl sites for hydroxylation is 1. The maximum Gasteiger partial charge on any atom is 0.128 e. The van der Waals surface area contributed by atoms with E-state index in [0.29, 0.717) is 0 Å². The zero-order valence-corrected chi connectivity index (χ0v) is 9.69. The van der Waals surface area contributed by atoms with E-state index in [1.807, 2.05) is 18.2 Å². The van der Waals surface area contributed by atoms with Crippen molar-refractivity contribution in [1.29, 1.82) is 5.26 Å². The topological polar surface area (TPSA) is 28.7 Å². The van der Waals surface area contributed by atoms with E-state index in [9.17, 15) is 5.26 Å². The van der Waals surface area contributed by atoms with Crippen LogP contribution in [0.15, 0.2) is 36.4 Å². The standard InChI is InChI=1S/C15H14N2/c16-11-15-14(12-6-2-1-3-7-12)10-13-8-4-5-9-17(13)15/h1-3,6-7,10H,4-5,8-9H2. The lowest BCUT2D eigenvalue weighted by Crippen LogP contribution is -2.10. The second-order valence-corrected chi connectivity index (χ2v) is 4.48. The van der Waals surface area contributed by atoms with E-state index in [1.54, 1.807) is 0 Å². The first kappa shape index (κ1) is 10.2. The molecule has 0 atom stereocenters. The van der Waals surface area contributed by atoms with Crippen molar-refractivity contribution in [2.45, 2.75) is 25.8 Å². The molecular formula is C15H14N2. The molecule has 1 aliphatic rings. The Kier molecular flexibility index (Phi) is 2.45. The van der Waals surface area contributed by atoms with Gasteiger partial charge in [0.15, 0.2) is 0 Å². The number of benzene rings is 1. The molecule has 17 heavy (non-hydrogen) atoms. The van der Waals surface area contributed by atoms with E-state index in [4.69, 9.17) is 0 Å². The molecule has 0 spiro atoms. The molecule has 2 heterocycles. The maximum absolute atomic E-state index is 9.35. The van der Waals surface area contributed by atoms with Gasteiger partial charge in [0.25, 0.3) is 0 Å². The van der Waals surface area contributed by atoms with Crippen molar-refractivity contribution in [3.05, 3.63) is 47.8 Å². The molecule has 84 valence electrons. The van der Waals surface area contributed by atoms with Crippen molar-refractivity contribution in [3.63, 3.8) is 0 Å². The lowest BCUT2D eigenvalue weighted by molar-refractivity contribution is 0.529. The molecule has 0 bridgehead atoms. The maximum atomic E-state index is 9.35. The molecule has 0 unspecified atom stereocenters. The molecule has 0 amide bonds. The van der Waals surface area contributed by atoms with Gasteiger partial charge in [-0.1, -0.05) is 30.3 Å². The second kappa shape index (κ2) is 4.10. The third kappa shape index (κ3) is 1.64. The van der Waals surface area contributed by atoms with Gasteiger partial charge >= 0.3 is 0 Å². The monoisotopic (exact) mass is 222 g/mol. The molecule has 1 aromatic carbocycles. The third-order valence-electron chi connectivity index (χ3n) is 3.44. The lowest BCUT2D eigenvalue weighted by atomic mass is 10.1. The molecular weight excluding hydrogens is 208 g/mol. The molecule has 1 aromatic heterocycles. The molecule has 1 aliphatic heterocycles. The summed E-state index contributed by atoms with van der Waals surface area (Å²) in [7, 11) is 0. The minimum atomic E-state index is 0.825. The minimum absolute atomic E-state index is 0.825. The Morgan fingerprint density at radius 2 is 1.94 bits per heavy atom. The highest BCUT2D eigenvalue weighted by Gasteiger charge is 2.18. The first-order valence-corrected chi connectivity index (χ1v) is 6.08. The summed E-state index contributed by atoms with van der Waals surface area (Å²) in [6, 6.07) is 14.7. The zero-order valence-electron chi connectivity index (χ0n) is 9.69. The molecule has 0 radical (unpaired) electrons. The van der Waals surface area contributed by atoms with Crippen LogP contribution in [-0.2, 0) is 13.0 Å². The highest BCUT2D eigenvalue weighted by molar-refractivity contribution is 5.70. The van der Waals surface area contributed by atoms with Crippen LogP contribution in [0.25, 0.3) is 11.1 Å². The normalized spacial score (nSPS) is 14.1. The molecule has 2 nitrogen and oxygen atoms in total. The summed E-state index contributed by atoms with van der Waals surface area (Å²) in [6.45, 7) is 0.991. The summed E-state index contributed by atoms with van der Waals surface area (Å²) in [4.78, 5) is 0. The van der Waals surface area contributed by atoms with Crippen molar-refractivity contribution in [3.8, 4) is 17.2 Å². The summed E-state index contributed by atoms with van der Waals surface area (Å²) >= 11 is 0. The molecule has 2 heteroatoms. The van der Waals surface area contributed by atoms with Crippen molar-refractivity contribution in [2.24, 2.45) is 0 Å². The van der Waals surface area contributed by atoms with Gasteiger partial charge in [-0.05, 0) is 30.9 Å². The average molecular weight is 222 g/mol. The minimum Gasteiger partial charge on any atom is -0.336 e. The first-order valence-electron chi connectivity index (χ1n) is 6.08. The lowest BCUT2D eigenvalue weighted by Gasteiger charge is -2.15. The molecule has 0 N–H and O–H groups in total. The van der Waals surface area contributed by atoms with Crippen LogP contribution in [0, 0.1) is 11.3 Å². The van der Waals surface area contributed by atoms with Gasteiger partial charge in [0.2, 0.25) is 0 Å². The van der Waals surface area contributed by atoms with Gasteiger partial charge < -0.3 is 4.57 Å². The number of nitriles is 1. The number of fused-ring (bicyclic) bond motifs is 1. The first-order chi connectivity index (χ1) is 8.40. The fourth-order valence-electron chi connectivity index (χ4n) is 2.60. The molecule has 0 fully saturated rings. The van der Waals surface area contributed by atoms with Crippen LogP contribution in [0.4, 0.5) is 0 Å². The Bertz CT molecular complexity index is 573. The van der Waals surface area contributed by atoms with E-state index in [-0.39, 0.29) is 0 Å². The van der Waals surface area contributed by atoms with Crippen molar-refractivity contribution >= 4 is 0 Å². The van der Waals surface area contributed by atoms with Crippen LogP contribution in [0.2, 0.25) is 0 Å². The number of aromatic nitrogens is 1. The van der Waals surface area contributed by atoms with Gasteiger partial charge in [-0.3, -0.25) is 0 Å². The van der Waals surface area contributed by atoms with Gasteiger partial charge in [0.1, 0.15) is 11.8 Å². The van der Waals surface area contributed by atoms with E-state index in [0.717, 1.165) is 29.8 Å². The summed E-state index contributed by atoms with van der Waals surface area (Å²) in [5, 5.41) is 9.35. The van der Waals surface area contributed by atoms with E-state index in [1.165, 1.54) is 18.5 Å². The highest BCUT2D eigenvalue weighted by Crippen LogP contribution is 2.30. The van der Waals surface area contributed by atoms with Crippen LogP contribution >= 0.6 is 0 Å². The summed E-state index contributed by atoms with van der Waals surface area (Å²) in [6.07, 6.45) is 3.52. The van der Waals surface area contributed by atoms with Crippen LogP contribution in [0.3, 0.4) is 0 Å². The Morgan fingerprint density at radius 3 is 2.71 bits per heavy atom. The predicted molar refractivity (Wildman–Crippen MR) is 67.5 cm³/mol. The summed E-state index contributed by atoms with van der Waals surface area (Å²) in [5.41, 5.74) is 4.37. The van der Waals surface area contributed by atoms with Gasteiger partial charge in [0, 0.05) is 17.8 Å². The van der Waals surface area contributed by atoms with E-state index in [2.05, 4.69) is 28.8 Å². The molecule has 3 rings (SSSR count). The fourth-order valence-corrected chi connectivity index (χ4v) is 2.60. The van der Waals surface area contributed by atoms with Crippen molar-refractivity contribution in [1.82, 2.24) is 4.57 Å². The largest absolute Gasteiger partial charge is 0.336 e. The number of hydrogen-bond acceptors (Lipinski definition) is 1. The van der Waals surface area contributed by atoms with Crippen LogP contribution in [0.1, 0.15) is 24.2 Å². The highest BCUT2D eigenvalue weighted by atomic mass is 15.0. The zero-order chi connectivity index (χ0) is 11.7. The number of hydrogen-bond donors (Lipinski definition) is 0. The smallest absolute Gasteiger partial charge is 0.128 e. The Hall–Kier alpha value is -2.01. The Balaban J connectivity index is 2.18. The van der Waals surface area contributed by atoms with Gasteiger partial charge in [0.05, 0.1) is 0 Å². The average Bonchev–Trinajstić information content (AvgIpc) is 2.78. The van der Waals surface area contributed by atoms with Crippen LogP contribution < -0.4 is 0 Å². The predicted octanol–water partition coefficient (Wildman–Crippen LogP) is 3.36. The third-order valence-corrected chi connectivity index (χ3v) is 3.44. The second-order valence-electron chi connectivity index (χ2n) is 4.48. The van der Waals surface area contributed by atoms with E-state index < -0.39 is 0 Å².